The van der Waals surface area contributed by atoms with Crippen molar-refractivity contribution in [1.29, 1.82) is 0 Å². The van der Waals surface area contributed by atoms with Gasteiger partial charge in [-0.3, -0.25) is 0 Å². The first-order chi connectivity index (χ1) is 4.52. The van der Waals surface area contributed by atoms with Gasteiger partial charge in [0.1, 0.15) is 0 Å². The predicted octanol–water partition coefficient (Wildman–Crippen LogP) is 2.24. The fraction of sp³-hybridized carbons (Fsp3) is 0.250. The van der Waals surface area contributed by atoms with Gasteiger partial charge in [-0.1, -0.05) is 6.58 Å². The van der Waals surface area contributed by atoms with E-state index in [-0.39, 0.29) is 0 Å². The summed E-state index contributed by atoms with van der Waals surface area (Å²) in [5.74, 6) is 0. The number of nitrogens with two attached hydrogens (primary N) is 1. The highest BCUT2D eigenvalue weighted by atomic mass is 32.1. The van der Waals surface area contributed by atoms with Gasteiger partial charge in [0.05, 0.1) is 0 Å². The Morgan fingerprint density at radius 2 is 1.90 bits per heavy atom. The van der Waals surface area contributed by atoms with Crippen LogP contribution in [0.15, 0.2) is 34.9 Å². The molecule has 0 aromatic carbocycles. The molecule has 0 radical (unpaired) electrons. The van der Waals surface area contributed by atoms with E-state index in [4.69, 9.17) is 5.73 Å². The van der Waals surface area contributed by atoms with Gasteiger partial charge in [0.15, 0.2) is 0 Å². The van der Waals surface area contributed by atoms with E-state index in [1.807, 2.05) is 26.0 Å². The minimum absolute atomic E-state index is 0.745. The molecule has 0 aliphatic carbocycles. The van der Waals surface area contributed by atoms with Gasteiger partial charge in [0, 0.05) is 5.70 Å². The summed E-state index contributed by atoms with van der Waals surface area (Å²) in [6.07, 6.45) is 3.74. The first-order valence-electron chi connectivity index (χ1n) is 3.02. The van der Waals surface area contributed by atoms with E-state index in [2.05, 4.69) is 19.2 Å². The molecule has 0 aromatic heterocycles. The number of hydrogen-bond acceptors (Lipinski definition) is 2. The highest BCUT2D eigenvalue weighted by molar-refractivity contribution is 7.84. The van der Waals surface area contributed by atoms with Crippen molar-refractivity contribution in [1.82, 2.24) is 0 Å². The minimum Gasteiger partial charge on any atom is -0.402 e. The Hall–Kier alpha value is -0.630. The van der Waals surface area contributed by atoms with Gasteiger partial charge in [-0.05, 0) is 36.5 Å². The van der Waals surface area contributed by atoms with Crippen molar-refractivity contribution in [2.75, 3.05) is 0 Å². The largest absolute Gasteiger partial charge is 0.402 e. The van der Waals surface area contributed by atoms with Gasteiger partial charge in [-0.15, -0.1) is 12.6 Å². The molecule has 0 aliphatic heterocycles. The molecule has 1 nitrogen and oxygen atoms in total. The van der Waals surface area contributed by atoms with E-state index >= 15 is 0 Å². The lowest BCUT2D eigenvalue weighted by atomic mass is 10.2. The quantitative estimate of drug-likeness (QED) is 0.464. The third kappa shape index (κ3) is 5.51. The average molecular weight is 155 g/mol. The molecule has 0 saturated heterocycles. The number of thiol groups is 1. The Morgan fingerprint density at radius 3 is 2.20 bits per heavy atom. The van der Waals surface area contributed by atoms with Crippen LogP contribution in [0.3, 0.4) is 0 Å². The monoisotopic (exact) mass is 155 g/mol. The van der Waals surface area contributed by atoms with Crippen LogP contribution in [-0.4, -0.2) is 0 Å². The van der Waals surface area contributed by atoms with Gasteiger partial charge in [-0.25, -0.2) is 0 Å². The molecule has 0 heterocycles. The Balaban J connectivity index is 4.22. The second kappa shape index (κ2) is 4.23. The highest BCUT2D eigenvalue weighted by Crippen LogP contribution is 2.05. The summed E-state index contributed by atoms with van der Waals surface area (Å²) in [7, 11) is 0. The Morgan fingerprint density at radius 1 is 1.40 bits per heavy atom. The molecule has 0 amide bonds. The van der Waals surface area contributed by atoms with Crippen LogP contribution in [0.4, 0.5) is 0 Å². The molecule has 0 bridgehead atoms. The summed E-state index contributed by atoms with van der Waals surface area (Å²) in [6, 6.07) is 0. The molecule has 0 aliphatic rings. The van der Waals surface area contributed by atoms with E-state index in [9.17, 15) is 0 Å². The fourth-order valence-corrected chi connectivity index (χ4v) is 0.867. The second-order valence-electron chi connectivity index (χ2n) is 2.27. The first-order valence-corrected chi connectivity index (χ1v) is 3.47. The van der Waals surface area contributed by atoms with Crippen LogP contribution in [0.25, 0.3) is 0 Å². The van der Waals surface area contributed by atoms with Crippen molar-refractivity contribution in [3.05, 3.63) is 34.9 Å². The lowest BCUT2D eigenvalue weighted by molar-refractivity contribution is 1.29. The molecule has 0 spiro atoms. The van der Waals surface area contributed by atoms with Gasteiger partial charge in [-0.2, -0.15) is 0 Å². The number of hydrogen-bond donors (Lipinski definition) is 2. The Labute approximate surface area is 67.7 Å². The topological polar surface area (TPSA) is 26.0 Å². The maximum absolute atomic E-state index is 5.43. The molecule has 0 rings (SSSR count). The van der Waals surface area contributed by atoms with Crippen molar-refractivity contribution >= 4 is 12.6 Å². The van der Waals surface area contributed by atoms with E-state index in [1.54, 1.807) is 0 Å². The summed E-state index contributed by atoms with van der Waals surface area (Å²) in [5.41, 5.74) is 7.30. The van der Waals surface area contributed by atoms with Gasteiger partial charge in [0.25, 0.3) is 0 Å². The summed E-state index contributed by atoms with van der Waals surface area (Å²) in [5, 5.41) is 0. The molecule has 0 fully saturated rings. The smallest absolute Gasteiger partial charge is 0.00515 e. The summed E-state index contributed by atoms with van der Waals surface area (Å²) >= 11 is 4.02. The molecular formula is C8H13NS. The van der Waals surface area contributed by atoms with Crippen molar-refractivity contribution in [3.63, 3.8) is 0 Å². The predicted molar refractivity (Wildman–Crippen MR) is 49.8 cm³/mol. The maximum atomic E-state index is 5.43. The maximum Gasteiger partial charge on any atom is 0.00515 e. The van der Waals surface area contributed by atoms with Crippen molar-refractivity contribution in [2.45, 2.75) is 13.8 Å². The van der Waals surface area contributed by atoms with Crippen molar-refractivity contribution in [2.24, 2.45) is 5.73 Å². The SMILES string of the molecule is C=C(S)/C=C(C)\C=C(\C)N. The zero-order valence-corrected chi connectivity index (χ0v) is 7.28. The molecule has 2 N–H and O–H groups in total. The van der Waals surface area contributed by atoms with Crippen LogP contribution in [0.5, 0.6) is 0 Å². The lowest BCUT2D eigenvalue weighted by Crippen LogP contribution is -1.89. The Kier molecular flexibility index (Phi) is 3.96. The van der Waals surface area contributed by atoms with Gasteiger partial charge in [0.2, 0.25) is 0 Å². The van der Waals surface area contributed by atoms with Crippen LogP contribution < -0.4 is 5.73 Å². The summed E-state index contributed by atoms with van der Waals surface area (Å²) in [4.78, 5) is 0.745. The second-order valence-corrected chi connectivity index (χ2v) is 2.84. The molecule has 56 valence electrons. The first kappa shape index (κ1) is 9.37. The van der Waals surface area contributed by atoms with Crippen LogP contribution in [0.1, 0.15) is 13.8 Å². The number of rotatable bonds is 2. The molecular weight excluding hydrogens is 142 g/mol. The average Bonchev–Trinajstić information content (AvgIpc) is 1.58. The van der Waals surface area contributed by atoms with Crippen LogP contribution in [-0.2, 0) is 0 Å². The normalized spacial score (nSPS) is 13.5. The molecule has 10 heavy (non-hydrogen) atoms. The van der Waals surface area contributed by atoms with Gasteiger partial charge >= 0.3 is 0 Å². The van der Waals surface area contributed by atoms with Crippen LogP contribution in [0.2, 0.25) is 0 Å². The fourth-order valence-electron chi connectivity index (χ4n) is 0.664. The zero-order valence-electron chi connectivity index (χ0n) is 6.39. The van der Waals surface area contributed by atoms with E-state index in [1.165, 1.54) is 0 Å². The Bertz CT molecular complexity index is 185. The molecule has 2 heteroatoms. The van der Waals surface area contributed by atoms with E-state index in [0.29, 0.717) is 0 Å². The third-order valence-corrected chi connectivity index (χ3v) is 0.979. The standard InChI is InChI=1S/C8H13NS/c1-6(4-7(2)9)5-8(3)10/h4-5,10H,3,9H2,1-2H3/b6-5-,7-4-. The van der Waals surface area contributed by atoms with E-state index in [0.717, 1.165) is 16.2 Å². The van der Waals surface area contributed by atoms with Crippen LogP contribution in [0, 0.1) is 0 Å². The highest BCUT2D eigenvalue weighted by Gasteiger charge is 1.83. The minimum atomic E-state index is 0.745. The molecule has 0 atom stereocenters. The molecule has 0 aromatic rings. The van der Waals surface area contributed by atoms with Crippen molar-refractivity contribution in [3.8, 4) is 0 Å². The number of allylic oxidation sites excluding steroid dienone is 4. The molecule has 0 saturated carbocycles. The van der Waals surface area contributed by atoms with E-state index < -0.39 is 0 Å². The lowest BCUT2D eigenvalue weighted by Gasteiger charge is -1.92. The van der Waals surface area contributed by atoms with Crippen LogP contribution >= 0.6 is 12.6 Å². The van der Waals surface area contributed by atoms with Crippen molar-refractivity contribution < 1.29 is 0 Å². The third-order valence-electron chi connectivity index (χ3n) is 0.850. The summed E-state index contributed by atoms with van der Waals surface area (Å²) < 4.78 is 0. The zero-order chi connectivity index (χ0) is 8.15. The summed E-state index contributed by atoms with van der Waals surface area (Å²) in [6.45, 7) is 7.42. The van der Waals surface area contributed by atoms with Gasteiger partial charge < -0.3 is 5.73 Å². The molecule has 0 unspecified atom stereocenters.